The summed E-state index contributed by atoms with van der Waals surface area (Å²) >= 11 is 0. The van der Waals surface area contributed by atoms with Crippen molar-refractivity contribution in [3.8, 4) is 0 Å². The predicted molar refractivity (Wildman–Crippen MR) is 73.5 cm³/mol. The maximum atomic E-state index is 13.7. The minimum atomic E-state index is -0.547. The first kappa shape index (κ1) is 13.1. The van der Waals surface area contributed by atoms with E-state index in [0.29, 0.717) is 6.54 Å². The van der Waals surface area contributed by atoms with Gasteiger partial charge in [0.25, 0.3) is 0 Å². The summed E-state index contributed by atoms with van der Waals surface area (Å²) in [6, 6.07) is 5.53. The van der Waals surface area contributed by atoms with Gasteiger partial charge in [0.05, 0.1) is 5.60 Å². The molecule has 1 unspecified atom stereocenters. The fraction of sp³-hybridized carbons (Fsp3) is 0.625. The second-order valence-electron chi connectivity index (χ2n) is 6.06. The minimum Gasteiger partial charge on any atom is -0.389 e. The van der Waals surface area contributed by atoms with Gasteiger partial charge in [-0.2, -0.15) is 0 Å². The Bertz CT molecular complexity index is 454. The molecule has 2 aliphatic rings. The quantitative estimate of drug-likeness (QED) is 0.878. The van der Waals surface area contributed by atoms with Gasteiger partial charge in [-0.05, 0) is 42.9 Å². The number of benzene rings is 1. The first-order valence-electron chi connectivity index (χ1n) is 7.41. The van der Waals surface area contributed by atoms with E-state index in [9.17, 15) is 9.50 Å². The second-order valence-corrected chi connectivity index (χ2v) is 6.06. The number of aliphatic hydroxyl groups is 1. The zero-order chi connectivity index (χ0) is 13.3. The van der Waals surface area contributed by atoms with E-state index in [1.165, 1.54) is 12.5 Å². The summed E-state index contributed by atoms with van der Waals surface area (Å²) in [5.74, 6) is -0.0850. The van der Waals surface area contributed by atoms with Gasteiger partial charge in [-0.25, -0.2) is 4.39 Å². The van der Waals surface area contributed by atoms with Crippen molar-refractivity contribution in [1.82, 2.24) is 5.32 Å². The van der Waals surface area contributed by atoms with E-state index in [1.54, 1.807) is 6.07 Å². The van der Waals surface area contributed by atoms with Gasteiger partial charge in [0.15, 0.2) is 0 Å². The average Bonchev–Trinajstić information content (AvgIpc) is 2.82. The number of hydrogen-bond acceptors (Lipinski definition) is 2. The summed E-state index contributed by atoms with van der Waals surface area (Å²) in [5, 5.41) is 14.0. The lowest BCUT2D eigenvalue weighted by atomic mass is 9.84. The summed E-state index contributed by atoms with van der Waals surface area (Å²) in [6.07, 6.45) is 7.00. The van der Waals surface area contributed by atoms with Crippen LogP contribution < -0.4 is 5.32 Å². The fourth-order valence-electron chi connectivity index (χ4n) is 3.52. The molecule has 0 spiro atoms. The highest BCUT2D eigenvalue weighted by molar-refractivity contribution is 5.35. The summed E-state index contributed by atoms with van der Waals surface area (Å²) < 4.78 is 13.7. The minimum absolute atomic E-state index is 0.0850. The van der Waals surface area contributed by atoms with Gasteiger partial charge in [0.1, 0.15) is 5.82 Å². The lowest BCUT2D eigenvalue weighted by molar-refractivity contribution is 0.00262. The van der Waals surface area contributed by atoms with Gasteiger partial charge >= 0.3 is 0 Å². The Balaban J connectivity index is 1.65. The van der Waals surface area contributed by atoms with Crippen molar-refractivity contribution in [3.63, 3.8) is 0 Å². The Labute approximate surface area is 114 Å². The van der Waals surface area contributed by atoms with Gasteiger partial charge in [-0.1, -0.05) is 31.4 Å². The normalized spacial score (nSPS) is 25.3. The molecule has 0 saturated heterocycles. The number of rotatable bonds is 3. The summed E-state index contributed by atoms with van der Waals surface area (Å²) in [6.45, 7) is 0.633. The topological polar surface area (TPSA) is 32.3 Å². The first-order valence-corrected chi connectivity index (χ1v) is 7.41. The van der Waals surface area contributed by atoms with Gasteiger partial charge in [0.2, 0.25) is 0 Å². The van der Waals surface area contributed by atoms with Crippen LogP contribution in [0.15, 0.2) is 18.2 Å². The van der Waals surface area contributed by atoms with Crippen molar-refractivity contribution in [2.24, 2.45) is 0 Å². The summed E-state index contributed by atoms with van der Waals surface area (Å²) in [5.41, 5.74) is 1.39. The van der Waals surface area contributed by atoms with E-state index < -0.39 is 5.60 Å². The average molecular weight is 263 g/mol. The monoisotopic (exact) mass is 263 g/mol. The molecule has 1 aromatic rings. The van der Waals surface area contributed by atoms with Crippen LogP contribution in [0.25, 0.3) is 0 Å². The molecule has 2 nitrogen and oxygen atoms in total. The molecule has 0 radical (unpaired) electrons. The van der Waals surface area contributed by atoms with Crippen molar-refractivity contribution >= 4 is 0 Å². The molecule has 0 bridgehead atoms. The molecule has 3 rings (SSSR count). The van der Waals surface area contributed by atoms with Crippen molar-refractivity contribution in [2.45, 2.75) is 56.6 Å². The highest BCUT2D eigenvalue weighted by Gasteiger charge is 2.31. The second kappa shape index (κ2) is 5.22. The Kier molecular flexibility index (Phi) is 3.59. The maximum absolute atomic E-state index is 13.7. The Morgan fingerprint density at radius 2 is 2.05 bits per heavy atom. The predicted octanol–water partition coefficient (Wildman–Crippen LogP) is 3.10. The van der Waals surface area contributed by atoms with Crippen LogP contribution >= 0.6 is 0 Å². The third-order valence-corrected chi connectivity index (χ3v) is 4.68. The molecule has 19 heavy (non-hydrogen) atoms. The van der Waals surface area contributed by atoms with Crippen molar-refractivity contribution in [2.75, 3.05) is 6.54 Å². The lowest BCUT2D eigenvalue weighted by Crippen LogP contribution is -2.43. The Morgan fingerprint density at radius 1 is 1.26 bits per heavy atom. The smallest absolute Gasteiger partial charge is 0.126 e. The lowest BCUT2D eigenvalue weighted by Gasteiger charge is -2.33. The number of nitrogens with one attached hydrogen (secondary N) is 1. The molecule has 1 saturated carbocycles. The first-order chi connectivity index (χ1) is 9.18. The number of hydrogen-bond donors (Lipinski definition) is 2. The van der Waals surface area contributed by atoms with Crippen LogP contribution in [0, 0.1) is 5.82 Å². The van der Waals surface area contributed by atoms with E-state index in [-0.39, 0.29) is 11.9 Å². The van der Waals surface area contributed by atoms with Crippen molar-refractivity contribution in [3.05, 3.63) is 35.1 Å². The van der Waals surface area contributed by atoms with Gasteiger partial charge < -0.3 is 10.4 Å². The summed E-state index contributed by atoms with van der Waals surface area (Å²) in [4.78, 5) is 0. The van der Waals surface area contributed by atoms with Gasteiger partial charge in [-0.15, -0.1) is 0 Å². The molecule has 104 valence electrons. The molecule has 2 N–H and O–H groups in total. The fourth-order valence-corrected chi connectivity index (χ4v) is 3.52. The molecule has 0 heterocycles. The molecule has 2 aliphatic carbocycles. The Hall–Kier alpha value is -0.930. The van der Waals surface area contributed by atoms with Gasteiger partial charge in [-0.3, -0.25) is 0 Å². The SMILES string of the molecule is OC1(CNC2CCc3c(F)cccc32)CCCCC1. The van der Waals surface area contributed by atoms with E-state index in [4.69, 9.17) is 0 Å². The van der Waals surface area contributed by atoms with E-state index >= 15 is 0 Å². The highest BCUT2D eigenvalue weighted by atomic mass is 19.1. The van der Waals surface area contributed by atoms with Crippen LogP contribution in [0.5, 0.6) is 0 Å². The van der Waals surface area contributed by atoms with Crippen molar-refractivity contribution < 1.29 is 9.50 Å². The Morgan fingerprint density at radius 3 is 2.84 bits per heavy atom. The molecular weight excluding hydrogens is 241 g/mol. The van der Waals surface area contributed by atoms with Crippen LogP contribution in [-0.4, -0.2) is 17.3 Å². The molecule has 1 atom stereocenters. The highest BCUT2D eigenvalue weighted by Crippen LogP contribution is 2.34. The van der Waals surface area contributed by atoms with Crippen LogP contribution in [0.4, 0.5) is 4.39 Å². The van der Waals surface area contributed by atoms with E-state index in [2.05, 4.69) is 5.32 Å². The van der Waals surface area contributed by atoms with Crippen molar-refractivity contribution in [1.29, 1.82) is 0 Å². The molecule has 3 heteroatoms. The molecular formula is C16H22FNO. The molecule has 0 amide bonds. The zero-order valence-corrected chi connectivity index (χ0v) is 11.3. The van der Waals surface area contributed by atoms with E-state index in [0.717, 1.165) is 49.7 Å². The maximum Gasteiger partial charge on any atom is 0.126 e. The third-order valence-electron chi connectivity index (χ3n) is 4.68. The number of halogens is 1. The van der Waals surface area contributed by atoms with Crippen LogP contribution in [0.2, 0.25) is 0 Å². The van der Waals surface area contributed by atoms with Gasteiger partial charge in [0, 0.05) is 12.6 Å². The largest absolute Gasteiger partial charge is 0.389 e. The molecule has 0 aliphatic heterocycles. The summed E-state index contributed by atoms with van der Waals surface area (Å²) in [7, 11) is 0. The number of fused-ring (bicyclic) bond motifs is 1. The van der Waals surface area contributed by atoms with E-state index in [1.807, 2.05) is 6.07 Å². The third kappa shape index (κ3) is 2.67. The van der Waals surface area contributed by atoms with Crippen LogP contribution in [0.3, 0.4) is 0 Å². The standard InChI is InChI=1S/C16H22FNO/c17-14-6-4-5-13-12(14)7-8-15(13)18-11-16(19)9-2-1-3-10-16/h4-6,15,18-19H,1-3,7-11H2. The van der Waals surface area contributed by atoms with Crippen LogP contribution in [-0.2, 0) is 6.42 Å². The molecule has 0 aromatic heterocycles. The zero-order valence-electron chi connectivity index (χ0n) is 11.3. The molecule has 1 aromatic carbocycles. The van der Waals surface area contributed by atoms with Crippen LogP contribution in [0.1, 0.15) is 55.7 Å². The molecule has 1 fully saturated rings.